The first kappa shape index (κ1) is 15.0. The lowest BCUT2D eigenvalue weighted by atomic mass is 10.1. The van der Waals surface area contributed by atoms with E-state index >= 15 is 0 Å². The van der Waals surface area contributed by atoms with Crippen molar-refractivity contribution in [1.82, 2.24) is 9.97 Å². The quantitative estimate of drug-likeness (QED) is 0.908. The Morgan fingerprint density at radius 2 is 2.10 bits per heavy atom. The molecule has 0 radical (unpaired) electrons. The zero-order valence-corrected chi connectivity index (χ0v) is 11.0. The molecule has 5 nitrogen and oxygen atoms in total. The topological polar surface area (TPSA) is 75.1 Å². The number of nitrogens with one attached hydrogen (secondary N) is 1. The molecule has 0 aliphatic heterocycles. The van der Waals surface area contributed by atoms with Crippen LogP contribution in [0.4, 0.5) is 19.0 Å². The van der Waals surface area contributed by atoms with Gasteiger partial charge in [0, 0.05) is 5.39 Å². The Hall–Kier alpha value is -2.38. The molecule has 8 heteroatoms. The first-order valence-corrected chi connectivity index (χ1v) is 6.14. The van der Waals surface area contributed by atoms with Crippen LogP contribution in [-0.2, 0) is 11.0 Å². The van der Waals surface area contributed by atoms with E-state index in [4.69, 9.17) is 5.11 Å². The lowest BCUT2D eigenvalue weighted by molar-refractivity contribution is -0.138. The minimum absolute atomic E-state index is 0.0996. The van der Waals surface area contributed by atoms with E-state index in [1.807, 2.05) is 0 Å². The van der Waals surface area contributed by atoms with Crippen LogP contribution in [0.25, 0.3) is 10.9 Å². The number of aromatic nitrogens is 2. The third-order valence-electron chi connectivity index (χ3n) is 2.98. The van der Waals surface area contributed by atoms with Crippen LogP contribution in [0.15, 0.2) is 24.5 Å². The van der Waals surface area contributed by atoms with E-state index in [1.54, 1.807) is 6.92 Å². The fourth-order valence-electron chi connectivity index (χ4n) is 1.85. The van der Waals surface area contributed by atoms with Crippen molar-refractivity contribution in [2.75, 3.05) is 5.32 Å². The van der Waals surface area contributed by atoms with E-state index in [0.717, 1.165) is 18.5 Å². The lowest BCUT2D eigenvalue weighted by Crippen LogP contribution is -2.28. The summed E-state index contributed by atoms with van der Waals surface area (Å²) in [5, 5.41) is 12.0. The van der Waals surface area contributed by atoms with Crippen molar-refractivity contribution in [2.45, 2.75) is 25.6 Å². The van der Waals surface area contributed by atoms with Crippen molar-refractivity contribution in [3.05, 3.63) is 30.1 Å². The van der Waals surface area contributed by atoms with Gasteiger partial charge in [0.05, 0.1) is 11.1 Å². The van der Waals surface area contributed by atoms with Crippen molar-refractivity contribution in [1.29, 1.82) is 0 Å². The minimum atomic E-state index is -4.46. The smallest absolute Gasteiger partial charge is 0.416 e. The van der Waals surface area contributed by atoms with Gasteiger partial charge in [-0.3, -0.25) is 0 Å². The van der Waals surface area contributed by atoms with Crippen molar-refractivity contribution < 1.29 is 23.1 Å². The molecular weight excluding hydrogens is 287 g/mol. The standard InChI is InChI=1S/C13H12F3N3O2/c1-2-9(12(20)21)19-11-8-4-3-7(13(14,15)16)5-10(8)17-6-18-11/h3-6,9H,2H2,1H3,(H,20,21)(H,17,18,19). The second-order valence-corrected chi connectivity index (χ2v) is 4.40. The zero-order valence-electron chi connectivity index (χ0n) is 11.0. The van der Waals surface area contributed by atoms with Crippen LogP contribution in [-0.4, -0.2) is 27.1 Å². The number of benzene rings is 1. The van der Waals surface area contributed by atoms with Gasteiger partial charge in [-0.25, -0.2) is 14.8 Å². The summed E-state index contributed by atoms with van der Waals surface area (Å²) in [6.45, 7) is 1.68. The highest BCUT2D eigenvalue weighted by molar-refractivity contribution is 5.91. The molecule has 0 saturated heterocycles. The normalized spacial score (nSPS) is 13.1. The van der Waals surface area contributed by atoms with Gasteiger partial charge in [0.1, 0.15) is 18.2 Å². The molecule has 2 N–H and O–H groups in total. The molecule has 0 bridgehead atoms. The van der Waals surface area contributed by atoms with Gasteiger partial charge in [-0.2, -0.15) is 13.2 Å². The van der Waals surface area contributed by atoms with Gasteiger partial charge in [0.25, 0.3) is 0 Å². The summed E-state index contributed by atoms with van der Waals surface area (Å²) in [5.74, 6) is -0.862. The molecule has 1 unspecified atom stereocenters. The van der Waals surface area contributed by atoms with Crippen LogP contribution < -0.4 is 5.32 Å². The van der Waals surface area contributed by atoms with Crippen molar-refractivity contribution in [2.24, 2.45) is 0 Å². The van der Waals surface area contributed by atoms with Gasteiger partial charge in [0.15, 0.2) is 0 Å². The first-order valence-electron chi connectivity index (χ1n) is 6.14. The molecule has 0 fully saturated rings. The maximum atomic E-state index is 12.7. The van der Waals surface area contributed by atoms with E-state index in [1.165, 1.54) is 6.07 Å². The Kier molecular flexibility index (Phi) is 3.97. The monoisotopic (exact) mass is 299 g/mol. The average molecular weight is 299 g/mol. The number of carboxylic acid groups (broad SMARTS) is 1. The zero-order chi connectivity index (χ0) is 15.6. The lowest BCUT2D eigenvalue weighted by Gasteiger charge is -2.15. The minimum Gasteiger partial charge on any atom is -0.480 e. The van der Waals surface area contributed by atoms with Crippen LogP contribution in [0.1, 0.15) is 18.9 Å². The second-order valence-electron chi connectivity index (χ2n) is 4.40. The van der Waals surface area contributed by atoms with Crippen molar-refractivity contribution in [3.8, 4) is 0 Å². The molecule has 1 heterocycles. The maximum Gasteiger partial charge on any atom is 0.416 e. The molecule has 2 aromatic rings. The van der Waals surface area contributed by atoms with Crippen LogP contribution in [0.2, 0.25) is 0 Å². The molecule has 1 aromatic heterocycles. The predicted molar refractivity (Wildman–Crippen MR) is 69.9 cm³/mol. The van der Waals surface area contributed by atoms with E-state index in [0.29, 0.717) is 11.8 Å². The summed E-state index contributed by atoms with van der Waals surface area (Å²) in [6, 6.07) is 2.18. The Morgan fingerprint density at radius 3 is 2.67 bits per heavy atom. The maximum absolute atomic E-state index is 12.7. The summed E-state index contributed by atoms with van der Waals surface area (Å²) in [5.41, 5.74) is -0.715. The third kappa shape index (κ3) is 3.21. The van der Waals surface area contributed by atoms with Gasteiger partial charge < -0.3 is 10.4 Å². The van der Waals surface area contributed by atoms with Crippen LogP contribution in [0, 0.1) is 0 Å². The fourth-order valence-corrected chi connectivity index (χ4v) is 1.85. The summed E-state index contributed by atoms with van der Waals surface area (Å²) >= 11 is 0. The summed E-state index contributed by atoms with van der Waals surface area (Å²) in [7, 11) is 0. The van der Waals surface area contributed by atoms with E-state index in [-0.39, 0.29) is 11.3 Å². The molecule has 112 valence electrons. The fraction of sp³-hybridized carbons (Fsp3) is 0.308. The number of aliphatic carboxylic acids is 1. The van der Waals surface area contributed by atoms with Crippen LogP contribution >= 0.6 is 0 Å². The molecule has 1 atom stereocenters. The second kappa shape index (κ2) is 5.55. The number of rotatable bonds is 4. The first-order chi connectivity index (χ1) is 9.82. The third-order valence-corrected chi connectivity index (χ3v) is 2.98. The molecule has 1 aromatic carbocycles. The van der Waals surface area contributed by atoms with Gasteiger partial charge in [-0.15, -0.1) is 0 Å². The molecule has 0 saturated carbocycles. The summed E-state index contributed by atoms with van der Waals surface area (Å²) in [6.07, 6.45) is -3.05. The Labute approximate surface area is 117 Å². The largest absolute Gasteiger partial charge is 0.480 e. The number of carbonyl (C=O) groups is 1. The number of hydrogen-bond acceptors (Lipinski definition) is 4. The average Bonchev–Trinajstić information content (AvgIpc) is 2.42. The molecule has 21 heavy (non-hydrogen) atoms. The summed E-state index contributed by atoms with van der Waals surface area (Å²) < 4.78 is 38.0. The summed E-state index contributed by atoms with van der Waals surface area (Å²) in [4.78, 5) is 18.7. The highest BCUT2D eigenvalue weighted by atomic mass is 19.4. The molecule has 0 aliphatic carbocycles. The highest BCUT2D eigenvalue weighted by Crippen LogP contribution is 2.32. The van der Waals surface area contributed by atoms with Gasteiger partial charge >= 0.3 is 12.1 Å². The van der Waals surface area contributed by atoms with Gasteiger partial charge in [-0.1, -0.05) is 6.92 Å². The number of anilines is 1. The van der Waals surface area contributed by atoms with E-state index in [2.05, 4.69) is 15.3 Å². The molecule has 2 rings (SSSR count). The molecular formula is C13H12F3N3O2. The van der Waals surface area contributed by atoms with Crippen molar-refractivity contribution in [3.63, 3.8) is 0 Å². The van der Waals surface area contributed by atoms with Crippen molar-refractivity contribution >= 4 is 22.7 Å². The molecule has 0 spiro atoms. The number of halogens is 3. The van der Waals surface area contributed by atoms with Gasteiger partial charge in [0.2, 0.25) is 0 Å². The Balaban J connectivity index is 2.45. The SMILES string of the molecule is CCC(Nc1ncnc2cc(C(F)(F)F)ccc12)C(=O)O. The van der Waals surface area contributed by atoms with Gasteiger partial charge in [-0.05, 0) is 24.6 Å². The Morgan fingerprint density at radius 1 is 1.38 bits per heavy atom. The predicted octanol–water partition coefficient (Wildman–Crippen LogP) is 2.92. The van der Waals surface area contributed by atoms with E-state index in [9.17, 15) is 18.0 Å². The number of fused-ring (bicyclic) bond motifs is 1. The number of nitrogens with zero attached hydrogens (tertiary/aromatic N) is 2. The number of alkyl halides is 3. The Bertz CT molecular complexity index is 673. The molecule has 0 aliphatic rings. The van der Waals surface area contributed by atoms with E-state index < -0.39 is 23.8 Å². The number of carboxylic acids is 1. The number of hydrogen-bond donors (Lipinski definition) is 2. The highest BCUT2D eigenvalue weighted by Gasteiger charge is 2.30. The molecule has 0 amide bonds. The van der Waals surface area contributed by atoms with Crippen LogP contribution in [0.3, 0.4) is 0 Å². The van der Waals surface area contributed by atoms with Crippen LogP contribution in [0.5, 0.6) is 0 Å².